The van der Waals surface area contributed by atoms with Crippen LogP contribution in [0.2, 0.25) is 5.02 Å². The second kappa shape index (κ2) is 5.95. The fourth-order valence-electron chi connectivity index (χ4n) is 3.50. The molecule has 4 nitrogen and oxygen atoms in total. The van der Waals surface area contributed by atoms with Gasteiger partial charge in [-0.1, -0.05) is 17.7 Å². The van der Waals surface area contributed by atoms with Crippen LogP contribution in [-0.4, -0.2) is 52.6 Å². The monoisotopic (exact) mass is 308 g/mol. The Morgan fingerprint density at radius 3 is 2.95 bits per heavy atom. The van der Waals surface area contributed by atoms with Crippen molar-refractivity contribution in [1.82, 2.24) is 9.80 Å². The zero-order valence-electron chi connectivity index (χ0n) is 12.3. The third kappa shape index (κ3) is 3.07. The number of nitrogens with zero attached hydrogens (tertiary/aromatic N) is 2. The largest absolute Gasteiger partial charge is 0.478 e. The topological polar surface area (TPSA) is 43.8 Å². The first-order chi connectivity index (χ1) is 10.0. The molecule has 0 radical (unpaired) electrons. The summed E-state index contributed by atoms with van der Waals surface area (Å²) in [6, 6.07) is 6.22. The molecule has 0 bridgehead atoms. The molecule has 2 unspecified atom stereocenters. The van der Waals surface area contributed by atoms with Crippen molar-refractivity contribution >= 4 is 17.6 Å². The van der Waals surface area contributed by atoms with Gasteiger partial charge in [-0.2, -0.15) is 0 Å². The van der Waals surface area contributed by atoms with Crippen molar-refractivity contribution in [2.24, 2.45) is 0 Å². The van der Waals surface area contributed by atoms with Crippen LogP contribution >= 0.6 is 11.6 Å². The van der Waals surface area contributed by atoms with E-state index in [0.717, 1.165) is 25.2 Å². The Balaban J connectivity index is 1.72. The number of aromatic carboxylic acids is 1. The second-order valence-electron chi connectivity index (χ2n) is 6.18. The van der Waals surface area contributed by atoms with Crippen molar-refractivity contribution < 1.29 is 9.90 Å². The molecular formula is C16H21ClN2O2. The van der Waals surface area contributed by atoms with Crippen LogP contribution in [0.5, 0.6) is 0 Å². The molecule has 1 aromatic carbocycles. The summed E-state index contributed by atoms with van der Waals surface area (Å²) in [4.78, 5) is 16.0. The number of rotatable bonds is 3. The highest BCUT2D eigenvalue weighted by Crippen LogP contribution is 2.27. The number of carbonyl (C=O) groups is 1. The summed E-state index contributed by atoms with van der Waals surface area (Å²) >= 11 is 6.25. The van der Waals surface area contributed by atoms with Gasteiger partial charge < -0.3 is 5.11 Å². The lowest BCUT2D eigenvalue weighted by Gasteiger charge is -2.42. The van der Waals surface area contributed by atoms with Crippen molar-refractivity contribution in [2.45, 2.75) is 38.4 Å². The molecule has 3 rings (SSSR count). The fraction of sp³-hybridized carbons (Fsp3) is 0.562. The molecule has 2 heterocycles. The van der Waals surface area contributed by atoms with E-state index in [1.165, 1.54) is 19.4 Å². The Hall–Kier alpha value is -1.10. The summed E-state index contributed by atoms with van der Waals surface area (Å²) < 4.78 is 0. The molecule has 2 fully saturated rings. The normalized spacial score (nSPS) is 26.8. The van der Waals surface area contributed by atoms with Crippen LogP contribution < -0.4 is 0 Å². The highest BCUT2D eigenvalue weighted by atomic mass is 35.5. The highest BCUT2D eigenvalue weighted by molar-refractivity contribution is 6.31. The average molecular weight is 309 g/mol. The van der Waals surface area contributed by atoms with E-state index in [2.05, 4.69) is 16.7 Å². The molecule has 2 aliphatic rings. The quantitative estimate of drug-likeness (QED) is 0.932. The van der Waals surface area contributed by atoms with E-state index < -0.39 is 5.97 Å². The molecule has 21 heavy (non-hydrogen) atoms. The number of piperazine rings is 1. The number of hydrogen-bond donors (Lipinski definition) is 1. The standard InChI is InChI=1S/C16H21ClN2O2/c1-11-8-18-6-2-3-14(18)10-19(11)9-13-5-4-12(16(20)21)7-15(13)17/h4-5,7,11,14H,2-3,6,8-10H2,1H3,(H,20,21). The van der Waals surface area contributed by atoms with Crippen LogP contribution in [0.3, 0.4) is 0 Å². The zero-order valence-corrected chi connectivity index (χ0v) is 13.0. The molecule has 1 N–H and O–H groups in total. The van der Waals surface area contributed by atoms with Gasteiger partial charge in [-0.05, 0) is 44.0 Å². The minimum atomic E-state index is -0.934. The Kier molecular flexibility index (Phi) is 4.20. The molecule has 2 atom stereocenters. The summed E-state index contributed by atoms with van der Waals surface area (Å²) in [5.74, 6) is -0.934. The van der Waals surface area contributed by atoms with Crippen LogP contribution in [0.25, 0.3) is 0 Å². The minimum absolute atomic E-state index is 0.248. The van der Waals surface area contributed by atoms with Crippen molar-refractivity contribution in [1.29, 1.82) is 0 Å². The first-order valence-electron chi connectivity index (χ1n) is 7.54. The maximum absolute atomic E-state index is 11.0. The summed E-state index contributed by atoms with van der Waals surface area (Å²) in [6.45, 7) is 6.49. The van der Waals surface area contributed by atoms with E-state index in [9.17, 15) is 4.79 Å². The Morgan fingerprint density at radius 2 is 2.24 bits per heavy atom. The van der Waals surface area contributed by atoms with Gasteiger partial charge in [0.05, 0.1) is 5.56 Å². The first-order valence-corrected chi connectivity index (χ1v) is 7.92. The number of carboxylic acids is 1. The highest BCUT2D eigenvalue weighted by Gasteiger charge is 2.34. The predicted octanol–water partition coefficient (Wildman–Crippen LogP) is 2.71. The number of fused-ring (bicyclic) bond motifs is 1. The van der Waals surface area contributed by atoms with E-state index in [-0.39, 0.29) is 5.56 Å². The van der Waals surface area contributed by atoms with E-state index in [4.69, 9.17) is 16.7 Å². The second-order valence-corrected chi connectivity index (χ2v) is 6.59. The SMILES string of the molecule is CC1CN2CCCC2CN1Cc1ccc(C(=O)O)cc1Cl. The lowest BCUT2D eigenvalue weighted by molar-refractivity contribution is 0.0540. The van der Waals surface area contributed by atoms with Gasteiger partial charge in [-0.3, -0.25) is 9.80 Å². The minimum Gasteiger partial charge on any atom is -0.478 e. The molecular weight excluding hydrogens is 288 g/mol. The van der Waals surface area contributed by atoms with E-state index in [0.29, 0.717) is 17.1 Å². The molecule has 0 amide bonds. The van der Waals surface area contributed by atoms with Gasteiger partial charge in [0.15, 0.2) is 0 Å². The molecule has 0 aliphatic carbocycles. The van der Waals surface area contributed by atoms with Gasteiger partial charge in [0.2, 0.25) is 0 Å². The molecule has 0 saturated carbocycles. The van der Waals surface area contributed by atoms with Crippen LogP contribution in [-0.2, 0) is 6.54 Å². The van der Waals surface area contributed by atoms with Crippen LogP contribution in [0.1, 0.15) is 35.7 Å². The van der Waals surface area contributed by atoms with Crippen LogP contribution in [0.4, 0.5) is 0 Å². The number of halogens is 1. The first kappa shape index (κ1) is 14.8. The Morgan fingerprint density at radius 1 is 1.43 bits per heavy atom. The van der Waals surface area contributed by atoms with Gasteiger partial charge in [-0.25, -0.2) is 4.79 Å². The van der Waals surface area contributed by atoms with E-state index >= 15 is 0 Å². The molecule has 1 aromatic rings. The number of hydrogen-bond acceptors (Lipinski definition) is 3. The van der Waals surface area contributed by atoms with Crippen LogP contribution in [0.15, 0.2) is 18.2 Å². The van der Waals surface area contributed by atoms with Gasteiger partial charge >= 0.3 is 5.97 Å². The molecule has 5 heteroatoms. The summed E-state index contributed by atoms with van der Waals surface area (Å²) in [5, 5.41) is 9.54. The number of benzene rings is 1. The third-order valence-corrected chi connectivity index (χ3v) is 5.09. The summed E-state index contributed by atoms with van der Waals surface area (Å²) in [7, 11) is 0. The predicted molar refractivity (Wildman–Crippen MR) is 82.9 cm³/mol. The van der Waals surface area contributed by atoms with Crippen molar-refractivity contribution in [3.05, 3.63) is 34.3 Å². The maximum Gasteiger partial charge on any atom is 0.335 e. The van der Waals surface area contributed by atoms with Crippen molar-refractivity contribution in [3.63, 3.8) is 0 Å². The smallest absolute Gasteiger partial charge is 0.335 e. The lowest BCUT2D eigenvalue weighted by atomic mass is 10.1. The molecule has 114 valence electrons. The van der Waals surface area contributed by atoms with E-state index in [1.54, 1.807) is 12.1 Å². The Bertz CT molecular complexity index is 549. The third-order valence-electron chi connectivity index (χ3n) is 4.74. The van der Waals surface area contributed by atoms with Gasteiger partial charge in [0, 0.05) is 36.7 Å². The Labute approximate surface area is 130 Å². The van der Waals surface area contributed by atoms with Gasteiger partial charge in [-0.15, -0.1) is 0 Å². The number of carboxylic acid groups (broad SMARTS) is 1. The average Bonchev–Trinajstić information content (AvgIpc) is 2.88. The zero-order chi connectivity index (χ0) is 15.0. The van der Waals surface area contributed by atoms with Gasteiger partial charge in [0.25, 0.3) is 0 Å². The van der Waals surface area contributed by atoms with Crippen molar-refractivity contribution in [2.75, 3.05) is 19.6 Å². The summed E-state index contributed by atoms with van der Waals surface area (Å²) in [6.07, 6.45) is 2.59. The molecule has 2 aliphatic heterocycles. The molecule has 0 spiro atoms. The fourth-order valence-corrected chi connectivity index (χ4v) is 3.74. The molecule has 2 saturated heterocycles. The lowest BCUT2D eigenvalue weighted by Crippen LogP contribution is -2.54. The van der Waals surface area contributed by atoms with Gasteiger partial charge in [0.1, 0.15) is 0 Å². The van der Waals surface area contributed by atoms with Crippen LogP contribution in [0, 0.1) is 0 Å². The molecule has 0 aromatic heterocycles. The maximum atomic E-state index is 11.0. The van der Waals surface area contributed by atoms with Crippen molar-refractivity contribution in [3.8, 4) is 0 Å². The van der Waals surface area contributed by atoms with E-state index in [1.807, 2.05) is 6.07 Å². The summed E-state index contributed by atoms with van der Waals surface area (Å²) in [5.41, 5.74) is 1.26.